The lowest BCUT2D eigenvalue weighted by atomic mass is 10.1. The molecule has 0 aliphatic rings. The predicted molar refractivity (Wildman–Crippen MR) is 145 cm³/mol. The van der Waals surface area contributed by atoms with E-state index in [4.69, 9.17) is 0 Å². The first kappa shape index (κ1) is 26.7. The van der Waals surface area contributed by atoms with Crippen LogP contribution in [0.3, 0.4) is 0 Å². The number of benzene rings is 3. The number of sulfonamides is 1. The largest absolute Gasteiger partial charge is 0.357 e. The number of likely N-dealkylation sites (N-methyl/N-ethyl adjacent to an activating group) is 1. The molecule has 0 aliphatic carbocycles. The Labute approximate surface area is 220 Å². The first-order valence-electron chi connectivity index (χ1n) is 11.0. The van der Waals surface area contributed by atoms with E-state index in [9.17, 15) is 18.0 Å². The molecule has 35 heavy (non-hydrogen) atoms. The topological polar surface area (TPSA) is 86.8 Å². The van der Waals surface area contributed by atoms with E-state index in [0.717, 1.165) is 19.0 Å². The third kappa shape index (κ3) is 6.61. The molecule has 1 atom stereocenters. The maximum Gasteiger partial charge on any atom is 0.264 e. The second-order valence-electron chi connectivity index (χ2n) is 8.10. The van der Waals surface area contributed by atoms with E-state index in [1.54, 1.807) is 49.4 Å². The number of aryl methyl sites for hydroxylation is 1. The minimum atomic E-state index is -4.04. The quantitative estimate of drug-likeness (QED) is 0.375. The van der Waals surface area contributed by atoms with Gasteiger partial charge in [0.05, 0.1) is 10.6 Å². The molecular formula is C26H28IN3O4S. The predicted octanol–water partition coefficient (Wildman–Crippen LogP) is 3.96. The molecule has 0 aliphatic heterocycles. The van der Waals surface area contributed by atoms with Crippen molar-refractivity contribution >= 4 is 50.1 Å². The van der Waals surface area contributed by atoms with Crippen LogP contribution in [0.25, 0.3) is 0 Å². The normalized spacial score (nSPS) is 12.0. The van der Waals surface area contributed by atoms with Gasteiger partial charge in [0.1, 0.15) is 12.6 Å². The van der Waals surface area contributed by atoms with Gasteiger partial charge in [-0.3, -0.25) is 13.9 Å². The summed E-state index contributed by atoms with van der Waals surface area (Å²) in [6.07, 6.45) is 0. The van der Waals surface area contributed by atoms with E-state index >= 15 is 0 Å². The van der Waals surface area contributed by atoms with Crippen LogP contribution < -0.4 is 9.62 Å². The van der Waals surface area contributed by atoms with E-state index in [1.165, 1.54) is 24.1 Å². The highest BCUT2D eigenvalue weighted by Crippen LogP contribution is 2.25. The molecule has 3 aromatic rings. The molecule has 3 aromatic carbocycles. The molecule has 7 nitrogen and oxygen atoms in total. The second kappa shape index (κ2) is 11.7. The van der Waals surface area contributed by atoms with Crippen LogP contribution in [0.15, 0.2) is 83.8 Å². The molecule has 0 radical (unpaired) electrons. The van der Waals surface area contributed by atoms with Crippen LogP contribution in [-0.4, -0.2) is 44.8 Å². The van der Waals surface area contributed by atoms with Crippen LogP contribution >= 0.6 is 22.6 Å². The van der Waals surface area contributed by atoms with E-state index in [1.807, 2.05) is 31.2 Å². The van der Waals surface area contributed by atoms with Crippen molar-refractivity contribution in [2.45, 2.75) is 31.3 Å². The van der Waals surface area contributed by atoms with Crippen LogP contribution in [0.1, 0.15) is 18.1 Å². The molecule has 0 bridgehead atoms. The van der Waals surface area contributed by atoms with Crippen LogP contribution in [-0.2, 0) is 26.2 Å². The zero-order valence-electron chi connectivity index (χ0n) is 19.8. The van der Waals surface area contributed by atoms with E-state index < -0.39 is 28.5 Å². The van der Waals surface area contributed by atoms with Crippen molar-refractivity contribution in [3.63, 3.8) is 0 Å². The Morgan fingerprint density at radius 2 is 1.63 bits per heavy atom. The van der Waals surface area contributed by atoms with E-state index in [0.29, 0.717) is 5.69 Å². The fraction of sp³-hybridized carbons (Fsp3) is 0.231. The summed E-state index contributed by atoms with van der Waals surface area (Å²) in [7, 11) is -2.54. The lowest BCUT2D eigenvalue weighted by molar-refractivity contribution is -0.139. The molecule has 3 rings (SSSR count). The maximum atomic E-state index is 13.7. The van der Waals surface area contributed by atoms with Gasteiger partial charge >= 0.3 is 0 Å². The Hall–Kier alpha value is -2.92. The fourth-order valence-electron chi connectivity index (χ4n) is 3.65. The second-order valence-corrected chi connectivity index (χ2v) is 11.2. The van der Waals surface area contributed by atoms with Gasteiger partial charge in [-0.25, -0.2) is 8.42 Å². The first-order valence-corrected chi connectivity index (χ1v) is 13.6. The lowest BCUT2D eigenvalue weighted by Gasteiger charge is -2.31. The number of amides is 2. The highest BCUT2D eigenvalue weighted by molar-refractivity contribution is 14.1. The Kier molecular flexibility index (Phi) is 8.90. The van der Waals surface area contributed by atoms with Crippen molar-refractivity contribution in [2.75, 3.05) is 17.9 Å². The van der Waals surface area contributed by atoms with E-state index in [-0.39, 0.29) is 17.3 Å². The zero-order valence-corrected chi connectivity index (χ0v) is 22.8. The number of carbonyl (C=O) groups excluding carboxylic acids is 2. The van der Waals surface area contributed by atoms with Gasteiger partial charge in [-0.2, -0.15) is 0 Å². The average molecular weight is 605 g/mol. The number of rotatable bonds is 9. The van der Waals surface area contributed by atoms with Gasteiger partial charge < -0.3 is 10.2 Å². The SMILES string of the molecule is CNC(=O)[C@H](C)N(Cc1cccc(C)c1)C(=O)CN(c1ccc(I)cc1)S(=O)(=O)c1ccccc1. The van der Waals surface area contributed by atoms with Crippen LogP contribution in [0.4, 0.5) is 5.69 Å². The average Bonchev–Trinajstić information content (AvgIpc) is 2.86. The number of nitrogens with one attached hydrogen (secondary N) is 1. The van der Waals surface area contributed by atoms with Crippen molar-refractivity contribution in [3.8, 4) is 0 Å². The monoisotopic (exact) mass is 605 g/mol. The summed E-state index contributed by atoms with van der Waals surface area (Å²) in [6, 6.07) is 21.8. The number of carbonyl (C=O) groups is 2. The number of halogens is 1. The maximum absolute atomic E-state index is 13.7. The number of anilines is 1. The highest BCUT2D eigenvalue weighted by atomic mass is 127. The van der Waals surface area contributed by atoms with Gasteiger partial charge in [-0.15, -0.1) is 0 Å². The van der Waals surface area contributed by atoms with Crippen molar-refractivity contribution < 1.29 is 18.0 Å². The molecule has 184 valence electrons. The Balaban J connectivity index is 2.01. The summed E-state index contributed by atoms with van der Waals surface area (Å²) in [5.74, 6) is -0.821. The molecule has 0 spiro atoms. The first-order chi connectivity index (χ1) is 16.6. The summed E-state index contributed by atoms with van der Waals surface area (Å²) in [5, 5.41) is 2.58. The van der Waals surface area contributed by atoms with E-state index in [2.05, 4.69) is 27.9 Å². The molecule has 2 amide bonds. The molecule has 0 saturated heterocycles. The van der Waals surface area contributed by atoms with Crippen LogP contribution in [0.5, 0.6) is 0 Å². The Bertz CT molecular complexity index is 1280. The lowest BCUT2D eigenvalue weighted by Crippen LogP contribution is -2.50. The number of hydrogen-bond acceptors (Lipinski definition) is 4. The molecule has 0 saturated carbocycles. The molecule has 0 unspecified atom stereocenters. The van der Waals surface area contributed by atoms with Crippen LogP contribution in [0.2, 0.25) is 0 Å². The summed E-state index contributed by atoms with van der Waals surface area (Å²) in [4.78, 5) is 27.6. The number of hydrogen-bond donors (Lipinski definition) is 1. The standard InChI is InChI=1S/C26H28IN3O4S/c1-19-8-7-9-21(16-19)17-29(20(2)26(32)28-3)25(31)18-30(23-14-12-22(27)13-15-23)35(33,34)24-10-5-4-6-11-24/h4-16,20H,17-18H2,1-3H3,(H,28,32)/t20-/m0/s1. The van der Waals surface area contributed by atoms with Gasteiger partial charge in [0.2, 0.25) is 11.8 Å². The van der Waals surface area contributed by atoms with Gasteiger partial charge in [-0.1, -0.05) is 48.0 Å². The highest BCUT2D eigenvalue weighted by Gasteiger charge is 2.32. The summed E-state index contributed by atoms with van der Waals surface area (Å²) in [6.45, 7) is 3.29. The van der Waals surface area contributed by atoms with Crippen LogP contribution in [0, 0.1) is 10.5 Å². The van der Waals surface area contributed by atoms with Crippen molar-refractivity contribution in [1.29, 1.82) is 0 Å². The van der Waals surface area contributed by atoms with Crippen molar-refractivity contribution in [2.24, 2.45) is 0 Å². The number of nitrogens with zero attached hydrogens (tertiary/aromatic N) is 2. The third-order valence-electron chi connectivity index (χ3n) is 5.57. The van der Waals surface area contributed by atoms with Crippen molar-refractivity contribution in [3.05, 3.63) is 93.6 Å². The van der Waals surface area contributed by atoms with Gasteiger partial charge in [0, 0.05) is 17.2 Å². The summed E-state index contributed by atoms with van der Waals surface area (Å²) >= 11 is 2.14. The summed E-state index contributed by atoms with van der Waals surface area (Å²) < 4.78 is 29.3. The Morgan fingerprint density at radius 1 is 0.971 bits per heavy atom. The molecule has 0 heterocycles. The zero-order chi connectivity index (χ0) is 25.6. The van der Waals surface area contributed by atoms with Crippen molar-refractivity contribution in [1.82, 2.24) is 10.2 Å². The third-order valence-corrected chi connectivity index (χ3v) is 8.08. The van der Waals surface area contributed by atoms with Gasteiger partial charge in [-0.05, 0) is 78.4 Å². The molecule has 0 aromatic heterocycles. The minimum absolute atomic E-state index is 0.0796. The summed E-state index contributed by atoms with van der Waals surface area (Å²) in [5.41, 5.74) is 2.24. The smallest absolute Gasteiger partial charge is 0.264 e. The van der Waals surface area contributed by atoms with Gasteiger partial charge in [0.15, 0.2) is 0 Å². The fourth-order valence-corrected chi connectivity index (χ4v) is 5.45. The molecule has 0 fully saturated rings. The molecule has 1 N–H and O–H groups in total. The molecular weight excluding hydrogens is 577 g/mol. The minimum Gasteiger partial charge on any atom is -0.357 e. The molecule has 9 heteroatoms. The van der Waals surface area contributed by atoms with Gasteiger partial charge in [0.25, 0.3) is 10.0 Å². The Morgan fingerprint density at radius 3 is 2.23 bits per heavy atom.